The summed E-state index contributed by atoms with van der Waals surface area (Å²) in [5.74, 6) is 0.0834. The first-order valence-electron chi connectivity index (χ1n) is 10.2. The number of amides is 1. The van der Waals surface area contributed by atoms with Gasteiger partial charge in [0.05, 0.1) is 22.5 Å². The first-order valence-corrected chi connectivity index (χ1v) is 11.1. The summed E-state index contributed by atoms with van der Waals surface area (Å²) in [6, 6.07) is 10.2. The predicted octanol–water partition coefficient (Wildman–Crippen LogP) is 4.59. The van der Waals surface area contributed by atoms with Crippen LogP contribution in [0, 0.1) is 0 Å². The average Bonchev–Trinajstić information content (AvgIpc) is 3.20. The largest absolute Gasteiger partial charge is 0.339 e. The summed E-state index contributed by atoms with van der Waals surface area (Å²) in [6.45, 7) is 9.42. The van der Waals surface area contributed by atoms with Crippen LogP contribution < -0.4 is 5.32 Å². The Bertz CT molecular complexity index is 1000. The van der Waals surface area contributed by atoms with Crippen LogP contribution in [0.3, 0.4) is 0 Å². The van der Waals surface area contributed by atoms with Crippen molar-refractivity contribution < 1.29 is 4.79 Å². The number of piperidine rings is 1. The highest BCUT2D eigenvalue weighted by molar-refractivity contribution is 7.17. The van der Waals surface area contributed by atoms with Crippen LogP contribution in [-0.2, 0) is 13.6 Å². The third-order valence-electron chi connectivity index (χ3n) is 5.81. The van der Waals surface area contributed by atoms with Gasteiger partial charge in [-0.2, -0.15) is 0 Å². The highest BCUT2D eigenvalue weighted by Gasteiger charge is 2.41. The molecule has 1 N–H and O–H groups in total. The van der Waals surface area contributed by atoms with E-state index in [-0.39, 0.29) is 23.0 Å². The molecule has 4 rings (SSSR count). The van der Waals surface area contributed by atoms with E-state index >= 15 is 0 Å². The van der Waals surface area contributed by atoms with E-state index < -0.39 is 0 Å². The summed E-state index contributed by atoms with van der Waals surface area (Å²) in [6.07, 6.45) is 3.62. The number of rotatable bonds is 4. The molecule has 0 bridgehead atoms. The third kappa shape index (κ3) is 4.09. The molecular weight excluding hydrogens is 380 g/mol. The predicted molar refractivity (Wildman–Crippen MR) is 119 cm³/mol. The van der Waals surface area contributed by atoms with Crippen LogP contribution in [-0.4, -0.2) is 37.5 Å². The lowest BCUT2D eigenvalue weighted by molar-refractivity contribution is 0.0408. The fourth-order valence-electron chi connectivity index (χ4n) is 4.92. The molecule has 3 aromatic heterocycles. The Morgan fingerprint density at radius 3 is 2.59 bits per heavy atom. The first kappa shape index (κ1) is 20.1. The van der Waals surface area contributed by atoms with Crippen molar-refractivity contribution in [1.82, 2.24) is 19.8 Å². The Morgan fingerprint density at radius 2 is 1.97 bits per heavy atom. The topological polar surface area (TPSA) is 50.2 Å². The molecule has 0 aromatic carbocycles. The molecule has 29 heavy (non-hydrogen) atoms. The molecular formula is C23H30N4OS. The van der Waals surface area contributed by atoms with Crippen LogP contribution in [0.2, 0.25) is 0 Å². The second-order valence-corrected chi connectivity index (χ2v) is 10.4. The highest BCUT2D eigenvalue weighted by atomic mass is 32.1. The number of thiophene rings is 1. The van der Waals surface area contributed by atoms with Crippen LogP contribution in [0.25, 0.3) is 10.2 Å². The van der Waals surface area contributed by atoms with Crippen molar-refractivity contribution in [3.05, 3.63) is 53.3 Å². The number of hydrogen-bond acceptors (Lipinski definition) is 4. The van der Waals surface area contributed by atoms with Gasteiger partial charge in [0.15, 0.2) is 0 Å². The normalized spacial score (nSPS) is 18.8. The van der Waals surface area contributed by atoms with Gasteiger partial charge in [0.1, 0.15) is 5.69 Å². The van der Waals surface area contributed by atoms with E-state index in [1.165, 1.54) is 0 Å². The highest BCUT2D eigenvalue weighted by Crippen LogP contribution is 2.34. The second kappa shape index (κ2) is 7.26. The lowest BCUT2D eigenvalue weighted by Gasteiger charge is -2.49. The lowest BCUT2D eigenvalue weighted by atomic mass is 9.79. The molecule has 1 aliphatic rings. The number of fused-ring (bicyclic) bond motifs is 1. The number of nitrogens with zero attached hydrogens (tertiary/aromatic N) is 3. The van der Waals surface area contributed by atoms with E-state index in [1.54, 1.807) is 17.5 Å². The third-order valence-corrected chi connectivity index (χ3v) is 6.66. The fourth-order valence-corrected chi connectivity index (χ4v) is 5.77. The zero-order valence-electron chi connectivity index (χ0n) is 17.9. The molecule has 5 nitrogen and oxygen atoms in total. The molecule has 0 unspecified atom stereocenters. The van der Waals surface area contributed by atoms with Gasteiger partial charge in [-0.3, -0.25) is 9.78 Å². The van der Waals surface area contributed by atoms with E-state index in [4.69, 9.17) is 0 Å². The lowest BCUT2D eigenvalue weighted by Crippen LogP contribution is -2.62. The summed E-state index contributed by atoms with van der Waals surface area (Å²) < 4.78 is 3.18. The SMILES string of the molecule is Cn1c(C(=O)N(Cc2ccccn2)C2CC(C)(C)NC(C)(C)C2)cc2sccc21. The number of hydrogen-bond donors (Lipinski definition) is 1. The Morgan fingerprint density at radius 1 is 1.24 bits per heavy atom. The Hall–Kier alpha value is -2.18. The van der Waals surface area contributed by atoms with Gasteiger partial charge in [-0.05, 0) is 70.2 Å². The molecule has 1 saturated heterocycles. The summed E-state index contributed by atoms with van der Waals surface area (Å²) in [5.41, 5.74) is 2.71. The van der Waals surface area contributed by atoms with Crippen LogP contribution in [0.5, 0.6) is 0 Å². The number of carbonyl (C=O) groups is 1. The fraction of sp³-hybridized carbons (Fsp3) is 0.478. The van der Waals surface area contributed by atoms with Crippen LogP contribution in [0.4, 0.5) is 0 Å². The zero-order valence-corrected chi connectivity index (χ0v) is 18.7. The van der Waals surface area contributed by atoms with Crippen molar-refractivity contribution >= 4 is 27.5 Å². The number of aromatic nitrogens is 2. The van der Waals surface area contributed by atoms with E-state index in [9.17, 15) is 4.79 Å². The van der Waals surface area contributed by atoms with Gasteiger partial charge in [0.2, 0.25) is 0 Å². The van der Waals surface area contributed by atoms with E-state index in [0.717, 1.165) is 34.4 Å². The number of nitrogens with one attached hydrogen (secondary N) is 1. The molecule has 6 heteroatoms. The van der Waals surface area contributed by atoms with Crippen LogP contribution in [0.15, 0.2) is 41.9 Å². The standard InChI is InChI=1S/C23H30N4OS/c1-22(2)13-17(14-23(3,4)25-22)27(15-16-8-6-7-10-24-16)21(28)19-12-20-18(26(19)5)9-11-29-20/h6-12,17,25H,13-15H2,1-5H3. The van der Waals surface area contributed by atoms with Gasteiger partial charge >= 0.3 is 0 Å². The summed E-state index contributed by atoms with van der Waals surface area (Å²) >= 11 is 1.68. The molecule has 4 heterocycles. The van der Waals surface area contributed by atoms with Gasteiger partial charge in [0.25, 0.3) is 5.91 Å². The van der Waals surface area contributed by atoms with Crippen molar-refractivity contribution in [1.29, 1.82) is 0 Å². The Labute approximate surface area is 176 Å². The van der Waals surface area contributed by atoms with Gasteiger partial charge < -0.3 is 14.8 Å². The van der Waals surface area contributed by atoms with Gasteiger partial charge in [-0.25, -0.2) is 0 Å². The minimum absolute atomic E-state index is 0.0381. The quantitative estimate of drug-likeness (QED) is 0.685. The molecule has 1 amide bonds. The van der Waals surface area contributed by atoms with E-state index in [0.29, 0.717) is 6.54 Å². The van der Waals surface area contributed by atoms with Gasteiger partial charge in [-0.1, -0.05) is 6.07 Å². The molecule has 0 atom stereocenters. The molecule has 154 valence electrons. The van der Waals surface area contributed by atoms with Crippen LogP contribution in [0.1, 0.15) is 56.7 Å². The molecule has 0 spiro atoms. The Kier molecular flexibility index (Phi) is 5.03. The van der Waals surface area contributed by atoms with E-state index in [2.05, 4.69) is 49.4 Å². The minimum Gasteiger partial charge on any atom is -0.339 e. The monoisotopic (exact) mass is 410 g/mol. The molecule has 3 aromatic rings. The van der Waals surface area contributed by atoms with E-state index in [1.807, 2.05) is 40.8 Å². The number of aryl methyl sites for hydroxylation is 1. The minimum atomic E-state index is -0.0381. The molecule has 0 radical (unpaired) electrons. The molecule has 0 aliphatic carbocycles. The summed E-state index contributed by atoms with van der Waals surface area (Å²) in [4.78, 5) is 20.4. The number of carbonyl (C=O) groups excluding carboxylic acids is 1. The first-order chi connectivity index (χ1) is 13.7. The van der Waals surface area contributed by atoms with Gasteiger partial charge in [-0.15, -0.1) is 11.3 Å². The van der Waals surface area contributed by atoms with Crippen LogP contribution >= 0.6 is 11.3 Å². The summed E-state index contributed by atoms with van der Waals surface area (Å²) in [5, 5.41) is 5.80. The smallest absolute Gasteiger partial charge is 0.271 e. The molecule has 0 saturated carbocycles. The zero-order chi connectivity index (χ0) is 20.8. The second-order valence-electron chi connectivity index (χ2n) is 9.47. The van der Waals surface area contributed by atoms with Crippen molar-refractivity contribution in [2.24, 2.45) is 7.05 Å². The van der Waals surface area contributed by atoms with Gasteiger partial charge in [0, 0.05) is 30.4 Å². The Balaban J connectivity index is 1.72. The maximum absolute atomic E-state index is 13.8. The molecule has 1 aliphatic heterocycles. The maximum Gasteiger partial charge on any atom is 0.271 e. The maximum atomic E-state index is 13.8. The average molecular weight is 411 g/mol. The summed E-state index contributed by atoms with van der Waals surface area (Å²) in [7, 11) is 1.98. The van der Waals surface area contributed by atoms with Crippen molar-refractivity contribution in [2.45, 2.75) is 64.2 Å². The number of pyridine rings is 1. The molecule has 1 fully saturated rings. The van der Waals surface area contributed by atoms with Crippen molar-refractivity contribution in [3.63, 3.8) is 0 Å². The van der Waals surface area contributed by atoms with Crippen molar-refractivity contribution in [3.8, 4) is 0 Å². The van der Waals surface area contributed by atoms with Crippen molar-refractivity contribution in [2.75, 3.05) is 0 Å².